The summed E-state index contributed by atoms with van der Waals surface area (Å²) in [5, 5.41) is 3.01. The van der Waals surface area contributed by atoms with Crippen molar-refractivity contribution in [2.24, 2.45) is 0 Å². The molecular weight excluding hydrogens is 264 g/mol. The van der Waals surface area contributed by atoms with Crippen molar-refractivity contribution in [1.82, 2.24) is 5.32 Å². The summed E-state index contributed by atoms with van der Waals surface area (Å²) in [6.07, 6.45) is 2.70. The van der Waals surface area contributed by atoms with E-state index in [0.29, 0.717) is 5.02 Å². The molecule has 1 aromatic rings. The van der Waals surface area contributed by atoms with Crippen LogP contribution < -0.4 is 5.32 Å². The minimum Gasteiger partial charge on any atom is -0.348 e. The Morgan fingerprint density at radius 2 is 2.18 bits per heavy atom. The van der Waals surface area contributed by atoms with Crippen LogP contribution in [0.3, 0.4) is 0 Å². The lowest BCUT2D eigenvalue weighted by atomic mass is 10.1. The number of hydrogen-bond acceptors (Lipinski definition) is 1. The highest BCUT2D eigenvalue weighted by molar-refractivity contribution is 6.31. The lowest BCUT2D eigenvalue weighted by Gasteiger charge is -2.16. The van der Waals surface area contributed by atoms with Crippen molar-refractivity contribution in [3.05, 3.63) is 34.6 Å². The molecule has 5 heteroatoms. The van der Waals surface area contributed by atoms with Gasteiger partial charge in [0.2, 0.25) is 0 Å². The van der Waals surface area contributed by atoms with Crippen molar-refractivity contribution < 1.29 is 9.18 Å². The number of carbonyl (C=O) groups excluding carboxylic acids is 1. The van der Waals surface area contributed by atoms with Crippen LogP contribution in [0, 0.1) is 5.82 Å². The van der Waals surface area contributed by atoms with E-state index in [1.165, 1.54) is 18.2 Å². The zero-order chi connectivity index (χ0) is 12.4. The molecule has 1 amide bonds. The molecule has 1 aromatic carbocycles. The number of halogens is 3. The van der Waals surface area contributed by atoms with Crippen molar-refractivity contribution in [1.29, 1.82) is 0 Å². The van der Waals surface area contributed by atoms with E-state index in [1.807, 2.05) is 0 Å². The van der Waals surface area contributed by atoms with E-state index in [4.69, 9.17) is 23.2 Å². The first-order chi connectivity index (χ1) is 8.08. The van der Waals surface area contributed by atoms with Crippen molar-refractivity contribution in [2.75, 3.05) is 0 Å². The summed E-state index contributed by atoms with van der Waals surface area (Å²) in [4.78, 5) is 11.9. The van der Waals surface area contributed by atoms with E-state index < -0.39 is 11.7 Å². The number of amides is 1. The van der Waals surface area contributed by atoms with Gasteiger partial charge in [0, 0.05) is 11.1 Å². The first-order valence-electron chi connectivity index (χ1n) is 5.48. The Labute approximate surface area is 109 Å². The van der Waals surface area contributed by atoms with Gasteiger partial charge < -0.3 is 5.32 Å². The predicted molar refractivity (Wildman–Crippen MR) is 66.2 cm³/mol. The third-order valence-corrected chi connectivity index (χ3v) is 3.68. The Morgan fingerprint density at radius 3 is 2.82 bits per heavy atom. The quantitative estimate of drug-likeness (QED) is 0.824. The molecular formula is C12H12Cl2FNO. The van der Waals surface area contributed by atoms with Gasteiger partial charge in [0.05, 0.1) is 10.9 Å². The fraction of sp³-hybridized carbons (Fsp3) is 0.417. The van der Waals surface area contributed by atoms with Gasteiger partial charge in [-0.1, -0.05) is 11.6 Å². The minimum atomic E-state index is -0.573. The molecule has 0 heterocycles. The summed E-state index contributed by atoms with van der Waals surface area (Å²) in [5.74, 6) is -1.03. The molecule has 1 saturated carbocycles. The second kappa shape index (κ2) is 5.23. The Kier molecular flexibility index (Phi) is 3.89. The number of hydrogen-bond donors (Lipinski definition) is 1. The third kappa shape index (κ3) is 2.90. The number of alkyl halides is 1. The SMILES string of the molecule is O=C(NC1CCCC1Cl)c1cc(Cl)ccc1F. The van der Waals surface area contributed by atoms with Crippen LogP contribution in [0.4, 0.5) is 4.39 Å². The summed E-state index contributed by atoms with van der Waals surface area (Å²) in [6.45, 7) is 0. The van der Waals surface area contributed by atoms with Gasteiger partial charge in [0.1, 0.15) is 5.82 Å². The third-order valence-electron chi connectivity index (χ3n) is 2.92. The van der Waals surface area contributed by atoms with Crippen molar-refractivity contribution >= 4 is 29.1 Å². The van der Waals surface area contributed by atoms with Gasteiger partial charge in [-0.15, -0.1) is 11.6 Å². The van der Waals surface area contributed by atoms with Crippen LogP contribution in [0.2, 0.25) is 5.02 Å². The van der Waals surface area contributed by atoms with Crippen LogP contribution in [-0.4, -0.2) is 17.3 Å². The number of benzene rings is 1. The van der Waals surface area contributed by atoms with Gasteiger partial charge in [-0.2, -0.15) is 0 Å². The fourth-order valence-corrected chi connectivity index (χ4v) is 2.51. The predicted octanol–water partition coefficient (Wildman–Crippen LogP) is 3.37. The van der Waals surface area contributed by atoms with Gasteiger partial charge >= 0.3 is 0 Å². The van der Waals surface area contributed by atoms with Crippen molar-refractivity contribution in [3.8, 4) is 0 Å². The highest BCUT2D eigenvalue weighted by Crippen LogP contribution is 2.24. The van der Waals surface area contributed by atoms with Crippen LogP contribution in [0.5, 0.6) is 0 Å². The zero-order valence-corrected chi connectivity index (χ0v) is 10.6. The highest BCUT2D eigenvalue weighted by atomic mass is 35.5. The van der Waals surface area contributed by atoms with Crippen molar-refractivity contribution in [2.45, 2.75) is 30.7 Å². The molecule has 0 aliphatic heterocycles. The van der Waals surface area contributed by atoms with Crippen LogP contribution in [-0.2, 0) is 0 Å². The first kappa shape index (κ1) is 12.7. The smallest absolute Gasteiger partial charge is 0.254 e. The molecule has 2 rings (SSSR count). The normalized spacial score (nSPS) is 23.7. The average molecular weight is 276 g/mol. The Balaban J connectivity index is 2.11. The number of nitrogens with one attached hydrogen (secondary N) is 1. The largest absolute Gasteiger partial charge is 0.348 e. The molecule has 1 aliphatic rings. The molecule has 2 nitrogen and oxygen atoms in total. The fourth-order valence-electron chi connectivity index (χ4n) is 2.00. The maximum Gasteiger partial charge on any atom is 0.254 e. The Bertz CT molecular complexity index is 439. The Morgan fingerprint density at radius 1 is 1.41 bits per heavy atom. The summed E-state index contributed by atoms with van der Waals surface area (Å²) in [5.41, 5.74) is -0.0340. The van der Waals surface area contributed by atoms with Crippen LogP contribution in [0.25, 0.3) is 0 Å². The van der Waals surface area contributed by atoms with Gasteiger partial charge in [-0.25, -0.2) is 4.39 Å². The lowest BCUT2D eigenvalue weighted by Crippen LogP contribution is -2.38. The average Bonchev–Trinajstić information content (AvgIpc) is 2.68. The first-order valence-corrected chi connectivity index (χ1v) is 6.29. The van der Waals surface area contributed by atoms with Gasteiger partial charge in [0.15, 0.2) is 0 Å². The second-order valence-corrected chi connectivity index (χ2v) is 5.15. The lowest BCUT2D eigenvalue weighted by molar-refractivity contribution is 0.0934. The van der Waals surface area contributed by atoms with Crippen LogP contribution >= 0.6 is 23.2 Å². The van der Waals surface area contributed by atoms with Crippen LogP contribution in [0.15, 0.2) is 18.2 Å². The summed E-state index contributed by atoms with van der Waals surface area (Å²) in [6, 6.07) is 3.84. The summed E-state index contributed by atoms with van der Waals surface area (Å²) in [7, 11) is 0. The molecule has 1 fully saturated rings. The zero-order valence-electron chi connectivity index (χ0n) is 9.05. The standard InChI is InChI=1S/C12H12Cl2FNO/c13-7-4-5-10(15)8(6-7)12(17)16-11-3-1-2-9(11)14/h4-6,9,11H,1-3H2,(H,16,17). The topological polar surface area (TPSA) is 29.1 Å². The molecule has 0 radical (unpaired) electrons. The molecule has 2 atom stereocenters. The van der Waals surface area contributed by atoms with E-state index in [1.54, 1.807) is 0 Å². The monoisotopic (exact) mass is 275 g/mol. The van der Waals surface area contributed by atoms with Crippen LogP contribution in [0.1, 0.15) is 29.6 Å². The van der Waals surface area contributed by atoms with E-state index in [9.17, 15) is 9.18 Å². The molecule has 0 bridgehead atoms. The molecule has 0 spiro atoms. The van der Waals surface area contributed by atoms with E-state index >= 15 is 0 Å². The van der Waals surface area contributed by atoms with Gasteiger partial charge in [0.25, 0.3) is 5.91 Å². The van der Waals surface area contributed by atoms with Gasteiger partial charge in [-0.3, -0.25) is 4.79 Å². The van der Waals surface area contributed by atoms with Crippen molar-refractivity contribution in [3.63, 3.8) is 0 Å². The van der Waals surface area contributed by atoms with E-state index in [0.717, 1.165) is 19.3 Å². The Hall–Kier alpha value is -0.800. The van der Waals surface area contributed by atoms with E-state index in [2.05, 4.69) is 5.32 Å². The van der Waals surface area contributed by atoms with Gasteiger partial charge in [-0.05, 0) is 37.5 Å². The molecule has 17 heavy (non-hydrogen) atoms. The molecule has 92 valence electrons. The second-order valence-electron chi connectivity index (χ2n) is 4.15. The maximum atomic E-state index is 13.4. The molecule has 1 aliphatic carbocycles. The number of carbonyl (C=O) groups is 1. The minimum absolute atomic E-state index is 0.0340. The van der Waals surface area contributed by atoms with E-state index in [-0.39, 0.29) is 17.0 Å². The summed E-state index contributed by atoms with van der Waals surface area (Å²) < 4.78 is 13.4. The molecule has 0 aromatic heterocycles. The highest BCUT2D eigenvalue weighted by Gasteiger charge is 2.27. The molecule has 0 saturated heterocycles. The molecule has 2 unspecified atom stereocenters. The maximum absolute atomic E-state index is 13.4. The molecule has 1 N–H and O–H groups in total. The number of rotatable bonds is 2. The summed E-state index contributed by atoms with van der Waals surface area (Å²) >= 11 is 11.8.